The van der Waals surface area contributed by atoms with E-state index in [9.17, 15) is 36.8 Å². The molecular weight excluding hydrogens is 637 g/mol. The minimum Gasteiger partial charge on any atom is -0.306 e. The van der Waals surface area contributed by atoms with Crippen LogP contribution in [0.4, 0.5) is 0 Å². The van der Waals surface area contributed by atoms with Crippen LogP contribution in [0.1, 0.15) is 45.0 Å². The number of hydrogen-bond acceptors (Lipinski definition) is 12. The molecule has 0 amide bonds. The monoisotopic (exact) mass is 650 g/mol. The summed E-state index contributed by atoms with van der Waals surface area (Å²) in [6, 6.07) is 31.9. The lowest BCUT2D eigenvalue weighted by Gasteiger charge is -2.11. The van der Waals surface area contributed by atoms with Gasteiger partial charge in [-0.2, -0.15) is 36.8 Å². The van der Waals surface area contributed by atoms with Crippen molar-refractivity contribution in [3.63, 3.8) is 0 Å². The molecule has 3 heterocycles. The van der Waals surface area contributed by atoms with Gasteiger partial charge in [-0.15, -0.1) is 0 Å². The SMILES string of the molecule is N#CC(=C1c2cc(C#N)c(-c3ccc4nc(C#N)c(C#N)nc4c3)cc2-c2cc(-c3ccc4nc(C#N)c(C#N)nc4c3)c(C#N)cc21)C1CN1. The molecule has 1 aliphatic carbocycles. The normalized spacial score (nSPS) is 13.4. The van der Waals surface area contributed by atoms with E-state index in [2.05, 4.69) is 43.5 Å². The quantitative estimate of drug-likeness (QED) is 0.186. The van der Waals surface area contributed by atoms with Gasteiger partial charge in [0.05, 0.1) is 63.0 Å². The van der Waals surface area contributed by atoms with Crippen molar-refractivity contribution in [3.05, 3.63) is 111 Å². The molecule has 2 aliphatic rings. The van der Waals surface area contributed by atoms with Crippen molar-refractivity contribution in [2.75, 3.05) is 6.54 Å². The number of nitrogens with one attached hydrogen (secondary N) is 1. The fourth-order valence-corrected chi connectivity index (χ4v) is 6.48. The fourth-order valence-electron chi connectivity index (χ4n) is 6.48. The predicted octanol–water partition coefficient (Wildman–Crippen LogP) is 5.41. The van der Waals surface area contributed by atoms with Crippen LogP contribution in [0.15, 0.2) is 66.2 Å². The van der Waals surface area contributed by atoms with E-state index in [-0.39, 0.29) is 28.8 Å². The van der Waals surface area contributed by atoms with Crippen molar-refractivity contribution in [3.8, 4) is 75.9 Å². The molecule has 12 heteroatoms. The van der Waals surface area contributed by atoms with Crippen LogP contribution in [0, 0.1) is 79.3 Å². The lowest BCUT2D eigenvalue weighted by molar-refractivity contribution is 1.15. The molecule has 0 spiro atoms. The largest absolute Gasteiger partial charge is 0.306 e. The van der Waals surface area contributed by atoms with Crippen LogP contribution in [0.25, 0.3) is 61.0 Å². The van der Waals surface area contributed by atoms with Crippen molar-refractivity contribution in [2.45, 2.75) is 6.04 Å². The number of nitrogens with zero attached hydrogens (tertiary/aromatic N) is 11. The summed E-state index contributed by atoms with van der Waals surface area (Å²) in [6.45, 7) is 0.621. The lowest BCUT2D eigenvalue weighted by atomic mass is 9.91. The molecular formula is C39H14N12. The van der Waals surface area contributed by atoms with E-state index in [1.54, 1.807) is 48.5 Å². The average Bonchev–Trinajstić information content (AvgIpc) is 3.98. The van der Waals surface area contributed by atoms with Gasteiger partial charge in [-0.3, -0.25) is 0 Å². The average molecular weight is 651 g/mol. The molecule has 12 nitrogen and oxygen atoms in total. The number of nitriles is 7. The third-order valence-corrected chi connectivity index (χ3v) is 8.91. The highest BCUT2D eigenvalue weighted by molar-refractivity contribution is 6.07. The van der Waals surface area contributed by atoms with E-state index in [1.807, 2.05) is 36.4 Å². The van der Waals surface area contributed by atoms with Gasteiger partial charge in [0.2, 0.25) is 0 Å². The second-order valence-corrected chi connectivity index (χ2v) is 11.7. The summed E-state index contributed by atoms with van der Waals surface area (Å²) in [5.41, 5.74) is 8.25. The highest BCUT2D eigenvalue weighted by atomic mass is 15.1. The molecule has 8 rings (SSSR count). The molecule has 51 heavy (non-hydrogen) atoms. The first-order chi connectivity index (χ1) is 24.9. The number of fused-ring (bicyclic) bond motifs is 5. The summed E-state index contributed by atoms with van der Waals surface area (Å²) in [5, 5.41) is 72.1. The van der Waals surface area contributed by atoms with Crippen LogP contribution in [0.2, 0.25) is 0 Å². The summed E-state index contributed by atoms with van der Waals surface area (Å²) >= 11 is 0. The van der Waals surface area contributed by atoms with Crippen LogP contribution < -0.4 is 5.32 Å². The van der Waals surface area contributed by atoms with Crippen LogP contribution in [0.3, 0.4) is 0 Å². The maximum Gasteiger partial charge on any atom is 0.177 e. The van der Waals surface area contributed by atoms with Gasteiger partial charge in [0.25, 0.3) is 0 Å². The summed E-state index contributed by atoms with van der Waals surface area (Å²) in [4.78, 5) is 17.2. The maximum absolute atomic E-state index is 10.4. The minimum atomic E-state index is -0.169. The zero-order valence-electron chi connectivity index (χ0n) is 26.0. The van der Waals surface area contributed by atoms with Crippen LogP contribution in [-0.4, -0.2) is 32.5 Å². The molecule has 6 aromatic rings. The fraction of sp³-hybridized carbons (Fsp3) is 0.0513. The van der Waals surface area contributed by atoms with Crippen LogP contribution >= 0.6 is 0 Å². The number of rotatable bonds is 3. The summed E-state index contributed by atoms with van der Waals surface area (Å²) < 4.78 is 0. The smallest absolute Gasteiger partial charge is 0.177 e. The molecule has 1 atom stereocenters. The van der Waals surface area contributed by atoms with Crippen LogP contribution in [-0.2, 0) is 0 Å². The Balaban J connectivity index is 1.38. The highest BCUT2D eigenvalue weighted by Crippen LogP contribution is 2.50. The molecule has 1 N–H and O–H groups in total. The highest BCUT2D eigenvalue weighted by Gasteiger charge is 2.35. The van der Waals surface area contributed by atoms with E-state index in [0.717, 1.165) is 11.1 Å². The Bertz CT molecular complexity index is 2770. The van der Waals surface area contributed by atoms with E-state index < -0.39 is 0 Å². The predicted molar refractivity (Wildman–Crippen MR) is 181 cm³/mol. The third-order valence-electron chi connectivity index (χ3n) is 8.91. The zero-order chi connectivity index (χ0) is 35.4. The molecule has 0 radical (unpaired) electrons. The number of hydrogen-bond donors (Lipinski definition) is 1. The van der Waals surface area contributed by atoms with Gasteiger partial charge in [0, 0.05) is 23.2 Å². The Morgan fingerprint density at radius 2 is 0.902 bits per heavy atom. The van der Waals surface area contributed by atoms with Gasteiger partial charge in [-0.1, -0.05) is 12.1 Å². The van der Waals surface area contributed by atoms with Gasteiger partial charge < -0.3 is 5.32 Å². The Morgan fingerprint density at radius 1 is 0.490 bits per heavy atom. The summed E-state index contributed by atoms with van der Waals surface area (Å²) in [6.07, 6.45) is 0. The Hall–Kier alpha value is -8.31. The zero-order valence-corrected chi connectivity index (χ0v) is 26.0. The molecule has 0 bridgehead atoms. The molecule has 2 aromatic heterocycles. The first-order valence-electron chi connectivity index (χ1n) is 15.2. The molecule has 0 saturated carbocycles. The molecule has 4 aromatic carbocycles. The standard InChI is InChI=1S/C39H14N12/c40-11-21-5-27-25(9-23(21)19-1-3-30-32(7-19)50-36(16-45)34(14-43)48-30)26-10-24(22(12-41)6-28(26)39(27)29(13-42)38-18-47-38)20-2-4-31-33(8-20)51-37(17-46)35(15-44)49-31/h1-10,38,47H,18H2. The van der Waals surface area contributed by atoms with Gasteiger partial charge in [-0.05, 0) is 81.9 Å². The van der Waals surface area contributed by atoms with Crippen LogP contribution in [0.5, 0.6) is 0 Å². The van der Waals surface area contributed by atoms with E-state index in [4.69, 9.17) is 0 Å². The second-order valence-electron chi connectivity index (χ2n) is 11.7. The Labute approximate surface area is 288 Å². The molecule has 1 saturated heterocycles. The van der Waals surface area contributed by atoms with Gasteiger partial charge in [-0.25, -0.2) is 19.9 Å². The molecule has 1 aliphatic heterocycles. The van der Waals surface area contributed by atoms with E-state index >= 15 is 0 Å². The Kier molecular flexibility index (Phi) is 6.74. The van der Waals surface area contributed by atoms with E-state index in [1.165, 1.54) is 0 Å². The summed E-state index contributed by atoms with van der Waals surface area (Å²) in [5.74, 6) is 0. The molecule has 230 valence electrons. The third kappa shape index (κ3) is 4.66. The van der Waals surface area contributed by atoms with Gasteiger partial charge >= 0.3 is 0 Å². The van der Waals surface area contributed by atoms with Gasteiger partial charge in [0.15, 0.2) is 22.8 Å². The van der Waals surface area contributed by atoms with Crippen molar-refractivity contribution < 1.29 is 0 Å². The van der Waals surface area contributed by atoms with Crippen molar-refractivity contribution in [2.24, 2.45) is 0 Å². The van der Waals surface area contributed by atoms with Crippen molar-refractivity contribution >= 4 is 27.6 Å². The van der Waals surface area contributed by atoms with Crippen molar-refractivity contribution in [1.29, 1.82) is 36.8 Å². The Morgan fingerprint density at radius 3 is 1.25 bits per heavy atom. The first-order valence-corrected chi connectivity index (χ1v) is 15.2. The second kappa shape index (κ2) is 11.4. The maximum atomic E-state index is 10.4. The summed E-state index contributed by atoms with van der Waals surface area (Å²) in [7, 11) is 0. The van der Waals surface area contributed by atoms with Gasteiger partial charge in [0.1, 0.15) is 24.3 Å². The molecule has 1 unspecified atom stereocenters. The van der Waals surface area contributed by atoms with Crippen molar-refractivity contribution in [1.82, 2.24) is 25.3 Å². The number of aromatic nitrogens is 4. The topological polar surface area (TPSA) is 240 Å². The number of benzene rings is 4. The first kappa shape index (κ1) is 30.1. The van der Waals surface area contributed by atoms with E-state index in [0.29, 0.717) is 84.3 Å². The lowest BCUT2D eigenvalue weighted by Crippen LogP contribution is -2.00. The molecule has 1 fully saturated rings. The minimum absolute atomic E-state index is 0.0780.